The van der Waals surface area contributed by atoms with Gasteiger partial charge >= 0.3 is 7.12 Å². The standard InChI is InChI=1S/C9H13BO4/c1-3-14-9-5-4-7(13-2)6-8(9)10(11)12/h4-6,11-12H,3H2,1-2H3. The number of ether oxygens (including phenoxy) is 2. The molecule has 2 N–H and O–H groups in total. The molecule has 0 spiro atoms. The van der Waals surface area contributed by atoms with Crippen molar-refractivity contribution in [3.8, 4) is 11.5 Å². The average molecular weight is 196 g/mol. The van der Waals surface area contributed by atoms with Crippen molar-refractivity contribution in [2.45, 2.75) is 6.92 Å². The molecule has 0 saturated heterocycles. The van der Waals surface area contributed by atoms with E-state index >= 15 is 0 Å². The molecule has 0 aliphatic carbocycles. The van der Waals surface area contributed by atoms with E-state index in [1.54, 1.807) is 12.1 Å². The van der Waals surface area contributed by atoms with Gasteiger partial charge in [0.15, 0.2) is 0 Å². The van der Waals surface area contributed by atoms with E-state index in [4.69, 9.17) is 19.5 Å². The summed E-state index contributed by atoms with van der Waals surface area (Å²) in [5, 5.41) is 18.1. The van der Waals surface area contributed by atoms with Crippen LogP contribution >= 0.6 is 0 Å². The van der Waals surface area contributed by atoms with Gasteiger partial charge in [0.05, 0.1) is 13.7 Å². The topological polar surface area (TPSA) is 58.9 Å². The zero-order valence-electron chi connectivity index (χ0n) is 8.23. The van der Waals surface area contributed by atoms with Crippen molar-refractivity contribution in [1.82, 2.24) is 0 Å². The van der Waals surface area contributed by atoms with Crippen molar-refractivity contribution in [2.24, 2.45) is 0 Å². The SMILES string of the molecule is CCOc1ccc(OC)cc1B(O)O. The highest BCUT2D eigenvalue weighted by Gasteiger charge is 2.17. The second-order valence-corrected chi connectivity index (χ2v) is 2.71. The molecule has 0 aliphatic rings. The summed E-state index contributed by atoms with van der Waals surface area (Å²) in [6.07, 6.45) is 0. The van der Waals surface area contributed by atoms with Crippen molar-refractivity contribution in [3.63, 3.8) is 0 Å². The lowest BCUT2D eigenvalue weighted by atomic mass is 9.79. The van der Waals surface area contributed by atoms with Gasteiger partial charge in [-0.15, -0.1) is 0 Å². The lowest BCUT2D eigenvalue weighted by Gasteiger charge is -2.10. The van der Waals surface area contributed by atoms with E-state index in [2.05, 4.69) is 0 Å². The highest BCUT2D eigenvalue weighted by Crippen LogP contribution is 2.15. The van der Waals surface area contributed by atoms with E-state index < -0.39 is 7.12 Å². The fourth-order valence-corrected chi connectivity index (χ4v) is 1.14. The highest BCUT2D eigenvalue weighted by atomic mass is 16.5. The predicted octanol–water partition coefficient (Wildman–Crippen LogP) is -0.226. The van der Waals surface area contributed by atoms with Crippen LogP contribution < -0.4 is 14.9 Å². The Labute approximate surface area is 83.2 Å². The van der Waals surface area contributed by atoms with Gasteiger partial charge in [-0.3, -0.25) is 0 Å². The van der Waals surface area contributed by atoms with Gasteiger partial charge in [0, 0.05) is 5.46 Å². The molecular formula is C9H13BO4. The normalized spacial score (nSPS) is 9.71. The highest BCUT2D eigenvalue weighted by molar-refractivity contribution is 6.59. The van der Waals surface area contributed by atoms with Crippen LogP contribution in [-0.4, -0.2) is 30.9 Å². The van der Waals surface area contributed by atoms with Crippen molar-refractivity contribution in [2.75, 3.05) is 13.7 Å². The van der Waals surface area contributed by atoms with Gasteiger partial charge in [-0.1, -0.05) is 0 Å². The van der Waals surface area contributed by atoms with Crippen LogP contribution in [0.2, 0.25) is 0 Å². The second-order valence-electron chi connectivity index (χ2n) is 2.71. The molecule has 0 radical (unpaired) electrons. The number of benzene rings is 1. The Hall–Kier alpha value is -1.20. The Morgan fingerprint density at radius 3 is 2.57 bits per heavy atom. The quantitative estimate of drug-likeness (QED) is 0.653. The molecule has 14 heavy (non-hydrogen) atoms. The molecule has 0 amide bonds. The summed E-state index contributed by atoms with van der Waals surface area (Å²) < 4.78 is 10.2. The Kier molecular flexibility index (Phi) is 3.79. The molecule has 1 aromatic carbocycles. The van der Waals surface area contributed by atoms with Crippen LogP contribution in [-0.2, 0) is 0 Å². The molecule has 4 nitrogen and oxygen atoms in total. The van der Waals surface area contributed by atoms with E-state index in [1.807, 2.05) is 6.92 Å². The van der Waals surface area contributed by atoms with Gasteiger partial charge in [0.25, 0.3) is 0 Å². The minimum atomic E-state index is -1.55. The van der Waals surface area contributed by atoms with E-state index in [1.165, 1.54) is 13.2 Å². The smallest absolute Gasteiger partial charge is 0.492 e. The average Bonchev–Trinajstić information content (AvgIpc) is 2.18. The predicted molar refractivity (Wildman–Crippen MR) is 54.0 cm³/mol. The summed E-state index contributed by atoms with van der Waals surface area (Å²) >= 11 is 0. The second kappa shape index (κ2) is 4.88. The number of rotatable bonds is 4. The molecule has 1 aromatic rings. The zero-order valence-corrected chi connectivity index (χ0v) is 8.23. The molecule has 0 heterocycles. The van der Waals surface area contributed by atoms with Crippen LogP contribution in [0.25, 0.3) is 0 Å². The van der Waals surface area contributed by atoms with E-state index in [0.717, 1.165) is 0 Å². The number of hydrogen-bond acceptors (Lipinski definition) is 4. The largest absolute Gasteiger partial charge is 0.497 e. The fraction of sp³-hybridized carbons (Fsp3) is 0.333. The molecule has 0 bridgehead atoms. The maximum Gasteiger partial charge on any atom is 0.492 e. The first-order valence-electron chi connectivity index (χ1n) is 4.36. The first-order valence-corrected chi connectivity index (χ1v) is 4.36. The van der Waals surface area contributed by atoms with E-state index in [9.17, 15) is 0 Å². The van der Waals surface area contributed by atoms with Crippen LogP contribution in [0.1, 0.15) is 6.92 Å². The molecule has 5 heteroatoms. The molecule has 76 valence electrons. The Bertz CT molecular complexity index is 301. The Balaban J connectivity index is 3.03. The van der Waals surface area contributed by atoms with Gasteiger partial charge in [-0.25, -0.2) is 0 Å². The van der Waals surface area contributed by atoms with Crippen molar-refractivity contribution >= 4 is 12.6 Å². The van der Waals surface area contributed by atoms with Crippen molar-refractivity contribution < 1.29 is 19.5 Å². The van der Waals surface area contributed by atoms with Gasteiger partial charge in [0.2, 0.25) is 0 Å². The number of hydrogen-bond donors (Lipinski definition) is 2. The maximum atomic E-state index is 9.07. The van der Waals surface area contributed by atoms with Gasteiger partial charge < -0.3 is 19.5 Å². The van der Waals surface area contributed by atoms with Crippen LogP contribution in [0, 0.1) is 0 Å². The molecule has 1 rings (SSSR count). The van der Waals surface area contributed by atoms with Gasteiger partial charge in [-0.2, -0.15) is 0 Å². The summed E-state index contributed by atoms with van der Waals surface area (Å²) in [6, 6.07) is 4.89. The Morgan fingerprint density at radius 2 is 2.07 bits per heavy atom. The zero-order chi connectivity index (χ0) is 10.6. The van der Waals surface area contributed by atoms with Gasteiger partial charge in [0.1, 0.15) is 11.5 Å². The lowest BCUT2D eigenvalue weighted by Crippen LogP contribution is -2.31. The first kappa shape index (κ1) is 10.9. The summed E-state index contributed by atoms with van der Waals surface area (Å²) in [6.45, 7) is 2.31. The molecule has 0 fully saturated rings. The van der Waals surface area contributed by atoms with E-state index in [-0.39, 0.29) is 0 Å². The van der Waals surface area contributed by atoms with Crippen molar-refractivity contribution in [3.05, 3.63) is 18.2 Å². The van der Waals surface area contributed by atoms with E-state index in [0.29, 0.717) is 23.6 Å². The molecule has 0 unspecified atom stereocenters. The fourth-order valence-electron chi connectivity index (χ4n) is 1.14. The van der Waals surface area contributed by atoms with Crippen LogP contribution in [0.3, 0.4) is 0 Å². The third-order valence-corrected chi connectivity index (χ3v) is 1.79. The van der Waals surface area contributed by atoms with Gasteiger partial charge in [-0.05, 0) is 25.1 Å². The van der Waals surface area contributed by atoms with Crippen molar-refractivity contribution in [1.29, 1.82) is 0 Å². The lowest BCUT2D eigenvalue weighted by molar-refractivity contribution is 0.338. The summed E-state index contributed by atoms with van der Waals surface area (Å²) in [7, 11) is -0.0323. The molecular weight excluding hydrogens is 183 g/mol. The minimum Gasteiger partial charge on any atom is -0.497 e. The summed E-state index contributed by atoms with van der Waals surface area (Å²) in [5.41, 5.74) is 0.311. The van der Waals surface area contributed by atoms with Crippen LogP contribution in [0.4, 0.5) is 0 Å². The molecule has 0 saturated carbocycles. The monoisotopic (exact) mass is 196 g/mol. The first-order chi connectivity index (χ1) is 6.69. The Morgan fingerprint density at radius 1 is 1.36 bits per heavy atom. The van der Waals surface area contributed by atoms with Crippen LogP contribution in [0.5, 0.6) is 11.5 Å². The summed E-state index contributed by atoms with van der Waals surface area (Å²) in [4.78, 5) is 0. The minimum absolute atomic E-state index is 0.311. The maximum absolute atomic E-state index is 9.07. The molecule has 0 aliphatic heterocycles. The van der Waals surface area contributed by atoms with Crippen LogP contribution in [0.15, 0.2) is 18.2 Å². The third kappa shape index (κ3) is 2.40. The molecule has 0 aromatic heterocycles. The number of methoxy groups -OCH3 is 1. The summed E-state index contributed by atoms with van der Waals surface area (Å²) in [5.74, 6) is 1.03. The molecule has 0 atom stereocenters. The third-order valence-electron chi connectivity index (χ3n) is 1.79.